The molecule has 2 N–H and O–H groups in total. The number of aromatic nitrogens is 1. The molecule has 0 aliphatic carbocycles. The van der Waals surface area contributed by atoms with Crippen LogP contribution in [0.25, 0.3) is 10.8 Å². The van der Waals surface area contributed by atoms with E-state index in [0.717, 1.165) is 21.2 Å². The summed E-state index contributed by atoms with van der Waals surface area (Å²) in [6, 6.07) is 11.7. The van der Waals surface area contributed by atoms with Crippen molar-refractivity contribution in [2.45, 2.75) is 13.1 Å². The Morgan fingerprint density at radius 1 is 1.20 bits per heavy atom. The first-order valence-electron chi connectivity index (χ1n) is 7.42. The molecule has 0 aliphatic heterocycles. The van der Waals surface area contributed by atoms with Gasteiger partial charge in [-0.2, -0.15) is 0 Å². The van der Waals surface area contributed by atoms with Crippen LogP contribution in [0, 0.1) is 0 Å². The molecule has 0 radical (unpaired) electrons. The minimum Gasteiger partial charge on any atom is -0.443 e. The molecular formula is C17H18ClIN4OS. The molecule has 0 saturated heterocycles. The van der Waals surface area contributed by atoms with Crippen molar-refractivity contribution in [3.8, 4) is 10.8 Å². The lowest BCUT2D eigenvalue weighted by atomic mass is 10.2. The molecule has 0 atom stereocenters. The lowest BCUT2D eigenvalue weighted by Gasteiger charge is -2.10. The van der Waals surface area contributed by atoms with Crippen LogP contribution in [0.1, 0.15) is 11.3 Å². The summed E-state index contributed by atoms with van der Waals surface area (Å²) in [6.45, 7) is 1.20. The van der Waals surface area contributed by atoms with Gasteiger partial charge in [0.25, 0.3) is 0 Å². The van der Waals surface area contributed by atoms with Crippen LogP contribution >= 0.6 is 46.9 Å². The Labute approximate surface area is 172 Å². The second-order valence-corrected chi connectivity index (χ2v) is 6.41. The first-order valence-corrected chi connectivity index (χ1v) is 8.67. The van der Waals surface area contributed by atoms with E-state index in [1.165, 1.54) is 0 Å². The van der Waals surface area contributed by atoms with Crippen LogP contribution in [-0.4, -0.2) is 18.0 Å². The fourth-order valence-electron chi connectivity index (χ4n) is 2.08. The zero-order valence-electron chi connectivity index (χ0n) is 13.5. The Bertz CT molecular complexity index is 802. The topological polar surface area (TPSA) is 62.5 Å². The summed E-state index contributed by atoms with van der Waals surface area (Å²) in [5.74, 6) is 1.34. The molecule has 8 heteroatoms. The molecule has 0 fully saturated rings. The van der Waals surface area contributed by atoms with Crippen LogP contribution in [-0.2, 0) is 13.1 Å². The van der Waals surface area contributed by atoms with Gasteiger partial charge < -0.3 is 15.1 Å². The van der Waals surface area contributed by atoms with Crippen LogP contribution in [0.2, 0.25) is 5.02 Å². The number of halogens is 2. The van der Waals surface area contributed by atoms with Gasteiger partial charge in [-0.25, -0.2) is 4.98 Å². The quantitative estimate of drug-likeness (QED) is 0.314. The average molecular weight is 489 g/mol. The molecule has 0 bridgehead atoms. The molecule has 0 spiro atoms. The first-order chi connectivity index (χ1) is 11.7. The van der Waals surface area contributed by atoms with Gasteiger partial charge in [0, 0.05) is 18.6 Å². The molecule has 0 unspecified atom stereocenters. The number of oxazole rings is 1. The minimum absolute atomic E-state index is 0. The van der Waals surface area contributed by atoms with Crippen molar-refractivity contribution in [1.82, 2.24) is 15.6 Å². The standard InChI is InChI=1S/C17H17ClN4OS.HI/c1-19-17(20-9-12-4-6-13(18)7-5-12)21-10-14-11-23-16(22-14)15-3-2-8-24-15;/h2-8,11H,9-10H2,1H3,(H2,19,20,21);1H. The number of rotatable bonds is 5. The van der Waals surface area contributed by atoms with Crippen molar-refractivity contribution in [3.63, 3.8) is 0 Å². The van der Waals surface area contributed by atoms with Gasteiger partial charge in [-0.05, 0) is 29.1 Å². The number of nitrogens with zero attached hydrogens (tertiary/aromatic N) is 2. The predicted molar refractivity (Wildman–Crippen MR) is 114 cm³/mol. The number of thiophene rings is 1. The van der Waals surface area contributed by atoms with E-state index < -0.39 is 0 Å². The molecule has 5 nitrogen and oxygen atoms in total. The Balaban J connectivity index is 0.00000225. The van der Waals surface area contributed by atoms with Gasteiger partial charge in [-0.3, -0.25) is 4.99 Å². The van der Waals surface area contributed by atoms with E-state index >= 15 is 0 Å². The van der Waals surface area contributed by atoms with E-state index in [1.54, 1.807) is 24.6 Å². The van der Waals surface area contributed by atoms with Gasteiger partial charge in [0.2, 0.25) is 5.89 Å². The lowest BCUT2D eigenvalue weighted by molar-refractivity contribution is 0.573. The van der Waals surface area contributed by atoms with Gasteiger partial charge in [-0.1, -0.05) is 29.8 Å². The first kappa shape index (κ1) is 19.7. The molecule has 0 amide bonds. The van der Waals surface area contributed by atoms with Gasteiger partial charge in [-0.15, -0.1) is 35.3 Å². The third kappa shape index (κ3) is 5.72. The Kier molecular flexibility index (Phi) is 7.73. The van der Waals surface area contributed by atoms with E-state index in [-0.39, 0.29) is 24.0 Å². The normalized spacial score (nSPS) is 11.0. The monoisotopic (exact) mass is 488 g/mol. The molecule has 132 valence electrons. The zero-order chi connectivity index (χ0) is 16.8. The fraction of sp³-hybridized carbons (Fsp3) is 0.176. The molecule has 2 heterocycles. The number of aliphatic imine (C=N–C) groups is 1. The van der Waals surface area contributed by atoms with Crippen LogP contribution < -0.4 is 10.6 Å². The highest BCUT2D eigenvalue weighted by molar-refractivity contribution is 14.0. The molecule has 0 aliphatic rings. The van der Waals surface area contributed by atoms with Crippen molar-refractivity contribution in [1.29, 1.82) is 0 Å². The van der Waals surface area contributed by atoms with Crippen LogP contribution in [0.4, 0.5) is 0 Å². The maximum Gasteiger partial charge on any atom is 0.236 e. The van der Waals surface area contributed by atoms with E-state index in [0.29, 0.717) is 24.9 Å². The molecule has 0 saturated carbocycles. The van der Waals surface area contributed by atoms with Crippen LogP contribution in [0.3, 0.4) is 0 Å². The number of guanidine groups is 1. The smallest absolute Gasteiger partial charge is 0.236 e. The maximum absolute atomic E-state index is 5.89. The number of hydrogen-bond donors (Lipinski definition) is 2. The zero-order valence-corrected chi connectivity index (χ0v) is 17.4. The van der Waals surface area contributed by atoms with Gasteiger partial charge in [0.15, 0.2) is 5.96 Å². The SMILES string of the molecule is CN=C(NCc1ccc(Cl)cc1)NCc1coc(-c2cccs2)n1.I. The summed E-state index contributed by atoms with van der Waals surface area (Å²) in [6.07, 6.45) is 1.66. The highest BCUT2D eigenvalue weighted by atomic mass is 127. The molecule has 25 heavy (non-hydrogen) atoms. The van der Waals surface area contributed by atoms with Crippen molar-refractivity contribution in [2.24, 2.45) is 4.99 Å². The van der Waals surface area contributed by atoms with Gasteiger partial charge in [0.1, 0.15) is 6.26 Å². The predicted octanol–water partition coefficient (Wildman–Crippen LogP) is 4.54. The Hall–Kier alpha value is -1.58. The maximum atomic E-state index is 5.89. The molecule has 1 aromatic carbocycles. The van der Waals surface area contributed by atoms with E-state index in [1.807, 2.05) is 41.8 Å². The van der Waals surface area contributed by atoms with Crippen molar-refractivity contribution >= 4 is 52.9 Å². The number of benzene rings is 1. The highest BCUT2D eigenvalue weighted by Gasteiger charge is 2.08. The third-order valence-corrected chi connectivity index (χ3v) is 4.43. The summed E-state index contributed by atoms with van der Waals surface area (Å²) in [7, 11) is 1.73. The minimum atomic E-state index is 0. The number of hydrogen-bond acceptors (Lipinski definition) is 4. The Morgan fingerprint density at radius 3 is 2.64 bits per heavy atom. The summed E-state index contributed by atoms with van der Waals surface area (Å²) in [5.41, 5.74) is 1.96. The summed E-state index contributed by atoms with van der Waals surface area (Å²) in [4.78, 5) is 9.70. The summed E-state index contributed by atoms with van der Waals surface area (Å²) in [5, 5.41) is 9.20. The van der Waals surface area contributed by atoms with E-state index in [4.69, 9.17) is 16.0 Å². The van der Waals surface area contributed by atoms with Crippen molar-refractivity contribution < 1.29 is 4.42 Å². The van der Waals surface area contributed by atoms with Crippen molar-refractivity contribution in [3.05, 3.63) is 64.3 Å². The Morgan fingerprint density at radius 2 is 1.96 bits per heavy atom. The van der Waals surface area contributed by atoms with Crippen LogP contribution in [0.5, 0.6) is 0 Å². The molecule has 2 aromatic heterocycles. The number of nitrogens with one attached hydrogen (secondary N) is 2. The average Bonchev–Trinajstić information content (AvgIpc) is 3.28. The second-order valence-electron chi connectivity index (χ2n) is 5.03. The van der Waals surface area contributed by atoms with Gasteiger partial charge >= 0.3 is 0 Å². The molecule has 3 aromatic rings. The largest absolute Gasteiger partial charge is 0.443 e. The molecule has 3 rings (SSSR count). The lowest BCUT2D eigenvalue weighted by Crippen LogP contribution is -2.36. The van der Waals surface area contributed by atoms with Crippen LogP contribution in [0.15, 0.2) is 57.5 Å². The summed E-state index contributed by atoms with van der Waals surface area (Å²) < 4.78 is 5.50. The van der Waals surface area contributed by atoms with Gasteiger partial charge in [0.05, 0.1) is 17.1 Å². The third-order valence-electron chi connectivity index (χ3n) is 3.32. The highest BCUT2D eigenvalue weighted by Crippen LogP contribution is 2.23. The summed E-state index contributed by atoms with van der Waals surface area (Å²) >= 11 is 7.49. The van der Waals surface area contributed by atoms with E-state index in [2.05, 4.69) is 20.6 Å². The second kappa shape index (κ2) is 9.79. The molecular weight excluding hydrogens is 471 g/mol. The fourth-order valence-corrected chi connectivity index (χ4v) is 2.87. The van der Waals surface area contributed by atoms with E-state index in [9.17, 15) is 0 Å². The van der Waals surface area contributed by atoms with Crippen molar-refractivity contribution in [2.75, 3.05) is 7.05 Å².